The molecule has 0 saturated carbocycles. The van der Waals surface area contributed by atoms with E-state index in [4.69, 9.17) is 4.74 Å². The maximum atomic E-state index is 13.7. The number of amides is 3. The van der Waals surface area contributed by atoms with Crippen molar-refractivity contribution in [3.8, 4) is 5.75 Å². The summed E-state index contributed by atoms with van der Waals surface area (Å²) in [5, 5.41) is 3.28. The van der Waals surface area contributed by atoms with Crippen molar-refractivity contribution in [1.82, 2.24) is 20.0 Å². The predicted octanol–water partition coefficient (Wildman–Crippen LogP) is 2.82. The van der Waals surface area contributed by atoms with Gasteiger partial charge in [0.1, 0.15) is 11.8 Å². The van der Waals surface area contributed by atoms with E-state index in [0.29, 0.717) is 49.5 Å². The lowest BCUT2D eigenvalue weighted by Gasteiger charge is -2.32. The van der Waals surface area contributed by atoms with E-state index in [-0.39, 0.29) is 29.7 Å². The van der Waals surface area contributed by atoms with Crippen molar-refractivity contribution in [2.75, 3.05) is 46.4 Å². The topological polar surface area (TPSA) is 82.2 Å². The molecule has 2 heterocycles. The van der Waals surface area contributed by atoms with E-state index in [0.717, 1.165) is 18.7 Å². The van der Waals surface area contributed by atoms with E-state index in [1.807, 2.05) is 41.0 Å². The van der Waals surface area contributed by atoms with Gasteiger partial charge in [0.25, 0.3) is 11.8 Å². The smallest absolute Gasteiger partial charge is 0.254 e. The Kier molecular flexibility index (Phi) is 8.48. The number of methoxy groups -OCH3 is 1. The highest BCUT2D eigenvalue weighted by molar-refractivity contribution is 5.99. The fraction of sp³-hybridized carbons (Fsp3) is 0.483. The molecule has 3 amide bonds. The van der Waals surface area contributed by atoms with Crippen LogP contribution in [-0.4, -0.2) is 90.9 Å². The van der Waals surface area contributed by atoms with Gasteiger partial charge in [0.15, 0.2) is 0 Å². The molecule has 2 aliphatic rings. The maximum Gasteiger partial charge on any atom is 0.254 e. The number of likely N-dealkylation sites (tertiary alicyclic amines) is 1. The van der Waals surface area contributed by atoms with Crippen LogP contribution in [0.15, 0.2) is 48.5 Å². The quantitative estimate of drug-likeness (QED) is 0.625. The van der Waals surface area contributed by atoms with Gasteiger partial charge in [-0.15, -0.1) is 0 Å². The monoisotopic (exact) mass is 506 g/mol. The molecular formula is C29H38N4O4. The molecular weight excluding hydrogens is 468 g/mol. The SMILES string of the molecule is COc1ccc(C(=O)N(CC(C)C)C2CC(C(=O)N3CCNCC3)N(C(=O)c3ccc(C)cc3)C2)cc1. The number of nitrogens with one attached hydrogen (secondary N) is 1. The Balaban J connectivity index is 1.63. The van der Waals surface area contributed by atoms with E-state index in [1.54, 1.807) is 36.3 Å². The molecule has 0 spiro atoms. The van der Waals surface area contributed by atoms with Crippen LogP contribution in [0.1, 0.15) is 46.5 Å². The molecule has 8 heteroatoms. The summed E-state index contributed by atoms with van der Waals surface area (Å²) in [5.41, 5.74) is 2.19. The van der Waals surface area contributed by atoms with Gasteiger partial charge in [-0.05, 0) is 55.7 Å². The second kappa shape index (κ2) is 11.8. The van der Waals surface area contributed by atoms with Crippen LogP contribution in [0.4, 0.5) is 0 Å². The average molecular weight is 507 g/mol. The summed E-state index contributed by atoms with van der Waals surface area (Å²) in [6, 6.07) is 13.7. The third-order valence-electron chi connectivity index (χ3n) is 7.15. The van der Waals surface area contributed by atoms with Gasteiger partial charge in [-0.2, -0.15) is 0 Å². The van der Waals surface area contributed by atoms with Crippen molar-refractivity contribution in [3.63, 3.8) is 0 Å². The second-order valence-electron chi connectivity index (χ2n) is 10.4. The molecule has 8 nitrogen and oxygen atoms in total. The van der Waals surface area contributed by atoms with Crippen molar-refractivity contribution in [2.24, 2.45) is 5.92 Å². The average Bonchev–Trinajstić information content (AvgIpc) is 3.36. The Morgan fingerprint density at radius 1 is 1.00 bits per heavy atom. The molecule has 2 unspecified atom stereocenters. The summed E-state index contributed by atoms with van der Waals surface area (Å²) in [4.78, 5) is 46.5. The van der Waals surface area contributed by atoms with Crippen LogP contribution in [0.3, 0.4) is 0 Å². The summed E-state index contributed by atoms with van der Waals surface area (Å²) >= 11 is 0. The maximum absolute atomic E-state index is 13.7. The summed E-state index contributed by atoms with van der Waals surface area (Å²) in [7, 11) is 1.59. The minimum absolute atomic E-state index is 0.0362. The van der Waals surface area contributed by atoms with Gasteiger partial charge < -0.3 is 24.8 Å². The number of carbonyl (C=O) groups excluding carboxylic acids is 3. The Hall–Kier alpha value is -3.39. The molecule has 1 N–H and O–H groups in total. The molecule has 0 aliphatic carbocycles. The lowest BCUT2D eigenvalue weighted by atomic mass is 10.1. The minimum Gasteiger partial charge on any atom is -0.497 e. The largest absolute Gasteiger partial charge is 0.497 e. The number of piperazine rings is 1. The fourth-order valence-corrected chi connectivity index (χ4v) is 5.15. The number of rotatable bonds is 7. The third-order valence-corrected chi connectivity index (χ3v) is 7.15. The zero-order valence-electron chi connectivity index (χ0n) is 22.3. The number of carbonyl (C=O) groups is 3. The number of benzene rings is 2. The number of hydrogen-bond donors (Lipinski definition) is 1. The molecule has 2 fully saturated rings. The van der Waals surface area contributed by atoms with E-state index in [1.165, 1.54) is 0 Å². The molecule has 198 valence electrons. The molecule has 0 bridgehead atoms. The van der Waals surface area contributed by atoms with Crippen LogP contribution < -0.4 is 10.1 Å². The molecule has 2 saturated heterocycles. The first kappa shape index (κ1) is 26.7. The van der Waals surface area contributed by atoms with Crippen molar-refractivity contribution in [2.45, 2.75) is 39.3 Å². The summed E-state index contributed by atoms with van der Waals surface area (Å²) in [5.74, 6) is 0.610. The van der Waals surface area contributed by atoms with E-state index >= 15 is 0 Å². The van der Waals surface area contributed by atoms with Gasteiger partial charge in [0.2, 0.25) is 5.91 Å². The third kappa shape index (κ3) is 6.13. The Morgan fingerprint density at radius 3 is 2.22 bits per heavy atom. The number of ether oxygens (including phenoxy) is 1. The molecule has 2 aromatic carbocycles. The zero-order chi connectivity index (χ0) is 26.5. The first-order chi connectivity index (χ1) is 17.8. The number of nitrogens with zero attached hydrogens (tertiary/aromatic N) is 3. The van der Waals surface area contributed by atoms with E-state index in [2.05, 4.69) is 19.2 Å². The van der Waals surface area contributed by atoms with Crippen molar-refractivity contribution in [3.05, 3.63) is 65.2 Å². The standard InChI is InChI=1S/C29H38N4O4/c1-20(2)18-32(27(34)23-9-11-25(37-4)12-10-23)24-17-26(29(36)31-15-13-30-14-16-31)33(19-24)28(35)22-7-5-21(3)6-8-22/h5-12,20,24,26,30H,13-19H2,1-4H3. The predicted molar refractivity (Wildman–Crippen MR) is 143 cm³/mol. The van der Waals surface area contributed by atoms with Gasteiger partial charge >= 0.3 is 0 Å². The Morgan fingerprint density at radius 2 is 1.62 bits per heavy atom. The van der Waals surface area contributed by atoms with Crippen LogP contribution >= 0.6 is 0 Å². The summed E-state index contributed by atoms with van der Waals surface area (Å²) in [6.45, 7) is 9.70. The van der Waals surface area contributed by atoms with Gasteiger partial charge in [-0.3, -0.25) is 14.4 Å². The highest BCUT2D eigenvalue weighted by Gasteiger charge is 2.44. The van der Waals surface area contributed by atoms with Crippen LogP contribution in [0.25, 0.3) is 0 Å². The highest BCUT2D eigenvalue weighted by atomic mass is 16.5. The molecule has 2 aromatic rings. The lowest BCUT2D eigenvalue weighted by molar-refractivity contribution is -0.135. The minimum atomic E-state index is -0.602. The first-order valence-electron chi connectivity index (χ1n) is 13.1. The summed E-state index contributed by atoms with van der Waals surface area (Å²) < 4.78 is 5.25. The summed E-state index contributed by atoms with van der Waals surface area (Å²) in [6.07, 6.45) is 0.426. The molecule has 0 aromatic heterocycles. The molecule has 2 aliphatic heterocycles. The van der Waals surface area contributed by atoms with Gasteiger partial charge in [0.05, 0.1) is 13.2 Å². The van der Waals surface area contributed by atoms with Crippen LogP contribution in [-0.2, 0) is 4.79 Å². The molecule has 37 heavy (non-hydrogen) atoms. The second-order valence-corrected chi connectivity index (χ2v) is 10.4. The Bertz CT molecular complexity index is 1090. The van der Waals surface area contributed by atoms with Crippen LogP contribution in [0, 0.1) is 12.8 Å². The number of hydrogen-bond acceptors (Lipinski definition) is 5. The van der Waals surface area contributed by atoms with Crippen molar-refractivity contribution in [1.29, 1.82) is 0 Å². The normalized spacial score (nSPS) is 19.7. The molecule has 4 rings (SSSR count). The van der Waals surface area contributed by atoms with E-state index < -0.39 is 6.04 Å². The Labute approximate surface area is 219 Å². The zero-order valence-corrected chi connectivity index (χ0v) is 22.3. The van der Waals surface area contributed by atoms with Gasteiger partial charge in [0, 0.05) is 50.4 Å². The molecule has 2 atom stereocenters. The molecule has 0 radical (unpaired) electrons. The van der Waals surface area contributed by atoms with E-state index in [9.17, 15) is 14.4 Å². The van der Waals surface area contributed by atoms with Crippen LogP contribution in [0.2, 0.25) is 0 Å². The highest BCUT2D eigenvalue weighted by Crippen LogP contribution is 2.28. The van der Waals surface area contributed by atoms with Crippen molar-refractivity contribution < 1.29 is 19.1 Å². The first-order valence-corrected chi connectivity index (χ1v) is 13.1. The van der Waals surface area contributed by atoms with Crippen LogP contribution in [0.5, 0.6) is 5.75 Å². The van der Waals surface area contributed by atoms with Gasteiger partial charge in [-0.1, -0.05) is 31.5 Å². The van der Waals surface area contributed by atoms with Crippen molar-refractivity contribution >= 4 is 17.7 Å². The fourth-order valence-electron chi connectivity index (χ4n) is 5.15. The van der Waals surface area contributed by atoms with Gasteiger partial charge in [-0.25, -0.2) is 0 Å². The lowest BCUT2D eigenvalue weighted by Crippen LogP contribution is -2.53. The number of aryl methyl sites for hydroxylation is 1.